The quantitative estimate of drug-likeness (QED) is 0.665. The van der Waals surface area contributed by atoms with Crippen molar-refractivity contribution in [3.63, 3.8) is 0 Å². The summed E-state index contributed by atoms with van der Waals surface area (Å²) in [7, 11) is 1.91. The molecule has 0 saturated heterocycles. The molecule has 0 saturated carbocycles. The highest BCUT2D eigenvalue weighted by Gasteiger charge is 2.32. The van der Waals surface area contributed by atoms with Crippen molar-refractivity contribution in [1.82, 2.24) is 34.7 Å². The Labute approximate surface area is 213 Å². The van der Waals surface area contributed by atoms with E-state index in [-0.39, 0.29) is 6.04 Å². The van der Waals surface area contributed by atoms with E-state index in [1.54, 1.807) is 0 Å². The Morgan fingerprint density at radius 3 is 2.29 bits per heavy atom. The molecule has 0 bridgehead atoms. The second-order valence-corrected chi connectivity index (χ2v) is 10.7. The van der Waals surface area contributed by atoms with Crippen LogP contribution in [0.15, 0.2) is 0 Å². The van der Waals surface area contributed by atoms with Crippen LogP contribution in [0, 0.1) is 6.07 Å². The number of hydrogen-bond acceptors (Lipinski definition) is 5. The van der Waals surface area contributed by atoms with Gasteiger partial charge in [-0.15, -0.1) is 0 Å². The highest BCUT2D eigenvalue weighted by Crippen LogP contribution is 2.28. The largest absolute Gasteiger partial charge is 0.314 e. The lowest BCUT2D eigenvalue weighted by molar-refractivity contribution is 0.213. The number of nitrogens with zero attached hydrogens (tertiary/aromatic N) is 7. The monoisotopic (exact) mass is 507 g/mol. The minimum absolute atomic E-state index is 0.0395. The van der Waals surface area contributed by atoms with Crippen molar-refractivity contribution in [2.45, 2.75) is 91.4 Å². The van der Waals surface area contributed by atoms with Gasteiger partial charge in [-0.2, -0.15) is 10.2 Å². The van der Waals surface area contributed by atoms with E-state index in [4.69, 9.17) is 38.2 Å². The molecule has 2 aromatic heterocycles. The number of aryl methyl sites for hydroxylation is 1. The molecule has 4 rings (SSSR count). The van der Waals surface area contributed by atoms with Crippen molar-refractivity contribution in [2.24, 2.45) is 0 Å². The summed E-state index contributed by atoms with van der Waals surface area (Å²) in [4.78, 5) is 9.69. The predicted molar refractivity (Wildman–Crippen MR) is 138 cm³/mol. The summed E-state index contributed by atoms with van der Waals surface area (Å²) >= 11 is 13.5. The van der Waals surface area contributed by atoms with E-state index in [9.17, 15) is 0 Å². The Hall–Kier alpha value is -1.63. The van der Waals surface area contributed by atoms with Crippen LogP contribution in [0.2, 0.25) is 10.0 Å². The average molecular weight is 509 g/mol. The molecule has 4 heterocycles. The summed E-state index contributed by atoms with van der Waals surface area (Å²) < 4.78 is 4.11. The first-order chi connectivity index (χ1) is 16.3. The number of hydrogen-bond donors (Lipinski definition) is 1. The molecule has 2 aromatic rings. The lowest BCUT2D eigenvalue weighted by Gasteiger charge is -2.23. The fraction of sp³-hybridized carbons (Fsp3) is 0.708. The van der Waals surface area contributed by atoms with Gasteiger partial charge in [0.2, 0.25) is 0 Å². The normalized spacial score (nSPS) is 19.5. The smallest absolute Gasteiger partial charge is 0.303 e. The maximum atomic E-state index is 6.78. The number of nitrogens with one attached hydrogen (secondary N) is 1. The molecule has 186 valence electrons. The standard InChI is InChI=1S/C24H37Cl2N8/c1-16(2)31-9-6-10-33-21(14-31)23(25)19(29-33)7-8-28-18-12-32(17(3)4)15-22-24(26)20(11-27-5)30-34(22)13-18/h16-18,27H,6-7,9-15H2,1-5H3/q+1. The van der Waals surface area contributed by atoms with Gasteiger partial charge in [-0.05, 0) is 41.2 Å². The highest BCUT2D eigenvalue weighted by molar-refractivity contribution is 6.32. The second kappa shape index (κ2) is 11.0. The molecule has 0 spiro atoms. The lowest BCUT2D eigenvalue weighted by atomic mass is 10.2. The zero-order valence-electron chi connectivity index (χ0n) is 21.0. The summed E-state index contributed by atoms with van der Waals surface area (Å²) in [6.07, 6.45) is 1.59. The molecule has 0 aromatic carbocycles. The molecule has 8 nitrogen and oxygen atoms in total. The van der Waals surface area contributed by atoms with E-state index in [1.165, 1.54) is 0 Å². The third-order valence-corrected chi connectivity index (χ3v) is 7.67. The van der Waals surface area contributed by atoms with Crippen molar-refractivity contribution >= 4 is 23.2 Å². The molecule has 0 fully saturated rings. The Morgan fingerprint density at radius 2 is 1.59 bits per heavy atom. The van der Waals surface area contributed by atoms with Crippen molar-refractivity contribution in [3.05, 3.63) is 37.7 Å². The van der Waals surface area contributed by atoms with Gasteiger partial charge < -0.3 is 5.32 Å². The second-order valence-electron chi connectivity index (χ2n) is 9.91. The zero-order chi connectivity index (χ0) is 24.4. The highest BCUT2D eigenvalue weighted by atomic mass is 35.5. The lowest BCUT2D eigenvalue weighted by Crippen LogP contribution is -2.35. The third-order valence-electron chi connectivity index (χ3n) is 6.79. The average Bonchev–Trinajstić information content (AvgIpc) is 3.06. The van der Waals surface area contributed by atoms with Crippen LogP contribution in [0.4, 0.5) is 0 Å². The van der Waals surface area contributed by atoms with E-state index in [1.807, 2.05) is 11.7 Å². The molecular weight excluding hydrogens is 471 g/mol. The van der Waals surface area contributed by atoms with Gasteiger partial charge in [0, 0.05) is 44.8 Å². The molecule has 10 heteroatoms. The summed E-state index contributed by atoms with van der Waals surface area (Å²) in [5, 5.41) is 14.2. The van der Waals surface area contributed by atoms with Crippen LogP contribution >= 0.6 is 23.2 Å². The van der Waals surface area contributed by atoms with Gasteiger partial charge in [0.15, 0.2) is 0 Å². The van der Waals surface area contributed by atoms with E-state index in [0.717, 1.165) is 72.0 Å². The molecular formula is C24H37Cl2N8+. The van der Waals surface area contributed by atoms with Crippen LogP contribution in [0.5, 0.6) is 0 Å². The molecule has 0 amide bonds. The fourth-order valence-corrected chi connectivity index (χ4v) is 5.26. The van der Waals surface area contributed by atoms with Gasteiger partial charge in [0.1, 0.15) is 13.0 Å². The Morgan fingerprint density at radius 1 is 0.941 bits per heavy atom. The fourth-order valence-electron chi connectivity index (χ4n) is 4.74. The zero-order valence-corrected chi connectivity index (χ0v) is 22.5. The van der Waals surface area contributed by atoms with E-state index in [2.05, 4.69) is 53.6 Å². The van der Waals surface area contributed by atoms with Crippen molar-refractivity contribution in [2.75, 3.05) is 20.1 Å². The molecule has 0 aliphatic carbocycles. The van der Waals surface area contributed by atoms with Crippen molar-refractivity contribution in [1.29, 1.82) is 0 Å². The minimum atomic E-state index is 0.0395. The maximum Gasteiger partial charge on any atom is 0.303 e. The van der Waals surface area contributed by atoms with Crippen LogP contribution in [0.25, 0.3) is 4.85 Å². The molecule has 2 aliphatic heterocycles. The summed E-state index contributed by atoms with van der Waals surface area (Å²) in [6.45, 7) is 14.6. The number of rotatable bonds is 5. The number of fused-ring (bicyclic) bond motifs is 2. The van der Waals surface area contributed by atoms with Crippen molar-refractivity contribution in [3.8, 4) is 6.07 Å². The predicted octanol–water partition coefficient (Wildman–Crippen LogP) is 3.89. The van der Waals surface area contributed by atoms with E-state index >= 15 is 0 Å². The van der Waals surface area contributed by atoms with Crippen molar-refractivity contribution < 1.29 is 0 Å². The van der Waals surface area contributed by atoms with Crippen LogP contribution in [-0.4, -0.2) is 67.6 Å². The van der Waals surface area contributed by atoms with Gasteiger partial charge in [-0.1, -0.05) is 28.0 Å². The van der Waals surface area contributed by atoms with Gasteiger partial charge in [-0.3, -0.25) is 19.2 Å². The topological polar surface area (TPSA) is 58.5 Å². The van der Waals surface area contributed by atoms with E-state index < -0.39 is 0 Å². The number of aromatic nitrogens is 4. The summed E-state index contributed by atoms with van der Waals surface area (Å²) in [5.74, 6) is 0. The van der Waals surface area contributed by atoms with Gasteiger partial charge in [-0.25, -0.2) is 0 Å². The SMILES string of the molecule is CNCc1nn2c(c1Cl)CN(C(C)C)CC([N+]#CCc1nn3c(c1Cl)CN(C(C)C)CCC3)C2. The summed E-state index contributed by atoms with van der Waals surface area (Å²) in [5.41, 5.74) is 3.92. The van der Waals surface area contributed by atoms with E-state index in [0.29, 0.717) is 31.6 Å². The maximum absolute atomic E-state index is 6.78. The van der Waals surface area contributed by atoms with Crippen LogP contribution in [0.1, 0.15) is 56.9 Å². The Kier molecular flexibility index (Phi) is 8.21. The first-order valence-corrected chi connectivity index (χ1v) is 13.1. The summed E-state index contributed by atoms with van der Waals surface area (Å²) in [6, 6.07) is 4.18. The van der Waals surface area contributed by atoms with Crippen LogP contribution < -0.4 is 5.32 Å². The number of halogens is 2. The first kappa shape index (κ1) is 25.5. The van der Waals surface area contributed by atoms with Gasteiger partial charge in [0.05, 0.1) is 39.4 Å². The molecule has 2 aliphatic rings. The minimum Gasteiger partial charge on any atom is -0.314 e. The third kappa shape index (κ3) is 5.44. The van der Waals surface area contributed by atoms with Gasteiger partial charge >= 0.3 is 6.04 Å². The van der Waals surface area contributed by atoms with Crippen LogP contribution in [0.3, 0.4) is 0 Å². The van der Waals surface area contributed by atoms with Crippen LogP contribution in [-0.2, 0) is 39.1 Å². The molecule has 0 radical (unpaired) electrons. The molecule has 34 heavy (non-hydrogen) atoms. The molecule has 1 unspecified atom stereocenters. The Bertz CT molecular complexity index is 1060. The first-order valence-electron chi connectivity index (χ1n) is 12.3. The van der Waals surface area contributed by atoms with Gasteiger partial charge in [0.25, 0.3) is 6.07 Å². The molecule has 1 N–H and O–H groups in total. The molecule has 1 atom stereocenters. The Balaban J connectivity index is 1.52.